The second-order valence-corrected chi connectivity index (χ2v) is 7.20. The van der Waals surface area contributed by atoms with Gasteiger partial charge in [-0.15, -0.1) is 0 Å². The molecule has 3 rings (SSSR count). The molecule has 0 saturated carbocycles. The molecular formula is C15H10Cl2N2O3S. The quantitative estimate of drug-likeness (QED) is 0.738. The van der Waals surface area contributed by atoms with Crippen molar-refractivity contribution in [1.82, 2.24) is 5.16 Å². The number of halogens is 2. The molecule has 0 atom stereocenters. The fourth-order valence-electron chi connectivity index (χ4n) is 1.89. The lowest BCUT2D eigenvalue weighted by atomic mass is 10.1. The van der Waals surface area contributed by atoms with E-state index in [1.807, 2.05) is 0 Å². The Balaban J connectivity index is 1.83. The summed E-state index contributed by atoms with van der Waals surface area (Å²) in [7, 11) is -3.77. The molecule has 1 N–H and O–H groups in total. The third kappa shape index (κ3) is 3.67. The number of benzene rings is 2. The molecule has 3 aromatic rings. The number of nitrogens with one attached hydrogen (secondary N) is 1. The van der Waals surface area contributed by atoms with Crippen molar-refractivity contribution in [2.24, 2.45) is 0 Å². The van der Waals surface area contributed by atoms with Crippen molar-refractivity contribution in [1.29, 1.82) is 0 Å². The Kier molecular flexibility index (Phi) is 4.30. The normalized spacial score (nSPS) is 11.4. The highest BCUT2D eigenvalue weighted by Gasteiger charge is 2.17. The van der Waals surface area contributed by atoms with Gasteiger partial charge in [0.25, 0.3) is 10.0 Å². The summed E-state index contributed by atoms with van der Waals surface area (Å²) in [6.45, 7) is 0. The van der Waals surface area contributed by atoms with Crippen LogP contribution in [0.5, 0.6) is 0 Å². The van der Waals surface area contributed by atoms with E-state index in [1.54, 1.807) is 24.3 Å². The van der Waals surface area contributed by atoms with E-state index in [-0.39, 0.29) is 10.8 Å². The summed E-state index contributed by atoms with van der Waals surface area (Å²) in [6, 6.07) is 14.2. The van der Waals surface area contributed by atoms with Gasteiger partial charge in [0.2, 0.25) is 5.88 Å². The summed E-state index contributed by atoms with van der Waals surface area (Å²) in [6.07, 6.45) is 0. The molecular weight excluding hydrogens is 359 g/mol. The third-order valence-electron chi connectivity index (χ3n) is 3.01. The highest BCUT2D eigenvalue weighted by Crippen LogP contribution is 2.25. The number of hydrogen-bond donors (Lipinski definition) is 1. The summed E-state index contributed by atoms with van der Waals surface area (Å²) < 4.78 is 31.8. The minimum atomic E-state index is -3.77. The Bertz CT molecular complexity index is 920. The number of aromatic nitrogens is 1. The standard InChI is InChI=1S/C15H10Cl2N2O3S/c16-11-3-1-10(2-4-11)14-9-15(22-18-14)19-23(20,21)13-7-5-12(17)6-8-13/h1-9,19H. The van der Waals surface area contributed by atoms with E-state index in [0.717, 1.165) is 5.56 Å². The van der Waals surface area contributed by atoms with E-state index in [4.69, 9.17) is 27.7 Å². The molecule has 0 spiro atoms. The van der Waals surface area contributed by atoms with E-state index in [9.17, 15) is 8.42 Å². The van der Waals surface area contributed by atoms with Crippen LogP contribution in [0.3, 0.4) is 0 Å². The molecule has 0 aliphatic heterocycles. The van der Waals surface area contributed by atoms with Gasteiger partial charge in [-0.1, -0.05) is 40.5 Å². The summed E-state index contributed by atoms with van der Waals surface area (Å²) >= 11 is 11.6. The van der Waals surface area contributed by atoms with Crippen molar-refractivity contribution in [2.75, 3.05) is 4.72 Å². The first-order valence-corrected chi connectivity index (χ1v) is 8.69. The number of hydrogen-bond acceptors (Lipinski definition) is 4. The number of nitrogens with zero attached hydrogens (tertiary/aromatic N) is 1. The second kappa shape index (κ2) is 6.23. The molecule has 0 aliphatic rings. The predicted molar refractivity (Wildman–Crippen MR) is 89.2 cm³/mol. The molecule has 0 unspecified atom stereocenters. The van der Waals surface area contributed by atoms with E-state index < -0.39 is 10.0 Å². The molecule has 1 aromatic heterocycles. The third-order valence-corrected chi connectivity index (χ3v) is 4.88. The van der Waals surface area contributed by atoms with Crippen LogP contribution < -0.4 is 4.72 Å². The van der Waals surface area contributed by atoms with Gasteiger partial charge in [-0.05, 0) is 36.4 Å². The summed E-state index contributed by atoms with van der Waals surface area (Å²) in [4.78, 5) is 0.0753. The van der Waals surface area contributed by atoms with Gasteiger partial charge in [-0.2, -0.15) is 0 Å². The lowest BCUT2D eigenvalue weighted by molar-refractivity contribution is 0.438. The molecule has 118 valence electrons. The van der Waals surface area contributed by atoms with Gasteiger partial charge in [-0.3, -0.25) is 0 Å². The molecule has 1 heterocycles. The Morgan fingerprint density at radius 2 is 1.48 bits per heavy atom. The van der Waals surface area contributed by atoms with Gasteiger partial charge in [0, 0.05) is 21.7 Å². The average Bonchev–Trinajstić information content (AvgIpc) is 2.96. The smallest absolute Gasteiger partial charge is 0.264 e. The van der Waals surface area contributed by atoms with Gasteiger partial charge < -0.3 is 4.52 Å². The number of rotatable bonds is 4. The second-order valence-electron chi connectivity index (χ2n) is 4.64. The molecule has 0 fully saturated rings. The Hall–Kier alpha value is -2.02. The van der Waals surface area contributed by atoms with Crippen molar-refractivity contribution >= 4 is 39.1 Å². The molecule has 0 amide bonds. The fourth-order valence-corrected chi connectivity index (χ4v) is 3.11. The van der Waals surface area contributed by atoms with E-state index in [2.05, 4.69) is 9.88 Å². The maximum Gasteiger partial charge on any atom is 0.264 e. The molecule has 0 saturated heterocycles. The van der Waals surface area contributed by atoms with Gasteiger partial charge in [0.1, 0.15) is 5.69 Å². The molecule has 0 aliphatic carbocycles. The van der Waals surface area contributed by atoms with Crippen molar-refractivity contribution in [3.63, 3.8) is 0 Å². The van der Waals surface area contributed by atoms with Crippen molar-refractivity contribution < 1.29 is 12.9 Å². The molecule has 8 heteroatoms. The SMILES string of the molecule is O=S(=O)(Nc1cc(-c2ccc(Cl)cc2)no1)c1ccc(Cl)cc1. The first-order chi connectivity index (χ1) is 10.9. The fraction of sp³-hybridized carbons (Fsp3) is 0. The zero-order chi connectivity index (χ0) is 16.4. The molecule has 2 aromatic carbocycles. The van der Waals surface area contributed by atoms with Crippen LogP contribution >= 0.6 is 23.2 Å². The Morgan fingerprint density at radius 3 is 2.09 bits per heavy atom. The van der Waals surface area contributed by atoms with Gasteiger partial charge >= 0.3 is 0 Å². The van der Waals surface area contributed by atoms with E-state index in [1.165, 1.54) is 30.3 Å². The Morgan fingerprint density at radius 1 is 0.913 bits per heavy atom. The van der Waals surface area contributed by atoms with Crippen LogP contribution in [-0.2, 0) is 10.0 Å². The first kappa shape index (κ1) is 15.9. The lowest BCUT2D eigenvalue weighted by Crippen LogP contribution is -2.12. The molecule has 0 radical (unpaired) electrons. The van der Waals surface area contributed by atoms with Crippen molar-refractivity contribution in [3.8, 4) is 11.3 Å². The maximum absolute atomic E-state index is 12.2. The van der Waals surface area contributed by atoms with Crippen LogP contribution in [0.15, 0.2) is 64.0 Å². The highest BCUT2D eigenvalue weighted by atomic mass is 35.5. The van der Waals surface area contributed by atoms with Crippen LogP contribution in [-0.4, -0.2) is 13.6 Å². The van der Waals surface area contributed by atoms with Crippen LogP contribution in [0.2, 0.25) is 10.0 Å². The monoisotopic (exact) mass is 368 g/mol. The maximum atomic E-state index is 12.2. The topological polar surface area (TPSA) is 72.2 Å². The summed E-state index contributed by atoms with van der Waals surface area (Å²) in [5.41, 5.74) is 1.26. The molecule has 0 bridgehead atoms. The van der Waals surface area contributed by atoms with Gasteiger partial charge in [0.15, 0.2) is 0 Å². The lowest BCUT2D eigenvalue weighted by Gasteiger charge is -2.04. The van der Waals surface area contributed by atoms with Crippen LogP contribution in [0.4, 0.5) is 5.88 Å². The van der Waals surface area contributed by atoms with Crippen molar-refractivity contribution in [2.45, 2.75) is 4.90 Å². The van der Waals surface area contributed by atoms with E-state index >= 15 is 0 Å². The highest BCUT2D eigenvalue weighted by molar-refractivity contribution is 7.92. The van der Waals surface area contributed by atoms with Crippen LogP contribution in [0.25, 0.3) is 11.3 Å². The van der Waals surface area contributed by atoms with Gasteiger partial charge in [0.05, 0.1) is 4.90 Å². The largest absolute Gasteiger partial charge is 0.337 e. The van der Waals surface area contributed by atoms with Gasteiger partial charge in [-0.25, -0.2) is 13.1 Å². The number of sulfonamides is 1. The number of anilines is 1. The predicted octanol–water partition coefficient (Wildman–Crippen LogP) is 4.45. The minimum absolute atomic E-state index is 0.0184. The van der Waals surface area contributed by atoms with E-state index in [0.29, 0.717) is 15.7 Å². The minimum Gasteiger partial charge on any atom is -0.337 e. The van der Waals surface area contributed by atoms with Crippen LogP contribution in [0, 0.1) is 0 Å². The average molecular weight is 369 g/mol. The summed E-state index contributed by atoms with van der Waals surface area (Å²) in [5, 5.41) is 4.89. The van der Waals surface area contributed by atoms with Crippen LogP contribution in [0.1, 0.15) is 0 Å². The van der Waals surface area contributed by atoms with Crippen molar-refractivity contribution in [3.05, 3.63) is 64.6 Å². The molecule has 5 nitrogen and oxygen atoms in total. The Labute approximate surface area is 142 Å². The zero-order valence-corrected chi connectivity index (χ0v) is 13.9. The summed E-state index contributed by atoms with van der Waals surface area (Å²) in [5.74, 6) is 0.0184. The zero-order valence-electron chi connectivity index (χ0n) is 11.5. The molecule has 23 heavy (non-hydrogen) atoms. The first-order valence-electron chi connectivity index (χ1n) is 6.45.